The Kier molecular flexibility index (Phi) is 21.3. The van der Waals surface area contributed by atoms with Gasteiger partial charge in [-0.1, -0.05) is 27.7 Å². The fourth-order valence-corrected chi connectivity index (χ4v) is 4.68. The molecule has 0 fully saturated rings. The number of aliphatic carboxylic acids is 1. The van der Waals surface area contributed by atoms with Crippen LogP contribution in [0.1, 0.15) is 80.6 Å². The second kappa shape index (κ2) is 23.5. The number of carbonyl (C=O) groups excluding carboxylic acids is 7. The molecule has 0 aromatic heterocycles. The molecular formula is C32H59N11O10. The molecular weight excluding hydrogens is 698 g/mol. The number of carboxylic acids is 1. The van der Waals surface area contributed by atoms with Crippen molar-refractivity contribution in [3.63, 3.8) is 0 Å². The number of hydrogen-bond donors (Lipinski definition) is 12. The van der Waals surface area contributed by atoms with Crippen LogP contribution in [0.2, 0.25) is 0 Å². The quantitative estimate of drug-likeness (QED) is 0.0252. The number of carbonyl (C=O) groups is 8. The monoisotopic (exact) mass is 757 g/mol. The minimum atomic E-state index is -1.46. The van der Waals surface area contributed by atoms with Crippen LogP contribution >= 0.6 is 0 Å². The molecule has 302 valence electrons. The van der Waals surface area contributed by atoms with Gasteiger partial charge < -0.3 is 65.0 Å². The summed E-state index contributed by atoms with van der Waals surface area (Å²) >= 11 is 0. The first-order valence-electron chi connectivity index (χ1n) is 17.3. The molecule has 0 bridgehead atoms. The van der Waals surface area contributed by atoms with Crippen LogP contribution in [-0.2, 0) is 38.4 Å². The summed E-state index contributed by atoms with van der Waals surface area (Å²) in [6.07, 6.45) is -1.76. The first-order valence-corrected chi connectivity index (χ1v) is 17.3. The van der Waals surface area contributed by atoms with Gasteiger partial charge in [-0.15, -0.1) is 0 Å². The van der Waals surface area contributed by atoms with Crippen LogP contribution in [-0.4, -0.2) is 118 Å². The van der Waals surface area contributed by atoms with Crippen LogP contribution in [0.4, 0.5) is 0 Å². The van der Waals surface area contributed by atoms with E-state index in [-0.39, 0.29) is 50.5 Å². The van der Waals surface area contributed by atoms with E-state index in [1.807, 2.05) is 0 Å². The zero-order valence-corrected chi connectivity index (χ0v) is 31.4. The highest BCUT2D eigenvalue weighted by Gasteiger charge is 2.35. The average Bonchev–Trinajstić information content (AvgIpc) is 3.03. The van der Waals surface area contributed by atoms with Gasteiger partial charge >= 0.3 is 5.97 Å². The largest absolute Gasteiger partial charge is 0.480 e. The number of nitrogens with one attached hydrogen (secondary N) is 6. The summed E-state index contributed by atoms with van der Waals surface area (Å²) in [6.45, 7) is 10.7. The van der Waals surface area contributed by atoms with Crippen molar-refractivity contribution in [2.45, 2.75) is 129 Å². The number of carboxylic acid groups (broad SMARTS) is 1. The van der Waals surface area contributed by atoms with E-state index in [2.05, 4.69) is 36.9 Å². The van der Waals surface area contributed by atoms with E-state index in [0.717, 1.165) is 0 Å². The topological polar surface area (TPSA) is 366 Å². The highest BCUT2D eigenvalue weighted by molar-refractivity contribution is 5.97. The number of aliphatic hydroxyl groups is 1. The van der Waals surface area contributed by atoms with Gasteiger partial charge in [0.05, 0.1) is 12.1 Å². The molecule has 0 aliphatic rings. The fraction of sp³-hybridized carbons (Fsp3) is 0.719. The molecule has 0 unspecified atom stereocenters. The normalized spacial score (nSPS) is 15.6. The highest BCUT2D eigenvalue weighted by Crippen LogP contribution is 2.11. The fourth-order valence-electron chi connectivity index (χ4n) is 4.68. The number of amides is 7. The lowest BCUT2D eigenvalue weighted by atomic mass is 9.99. The lowest BCUT2D eigenvalue weighted by Crippen LogP contribution is -2.61. The summed E-state index contributed by atoms with van der Waals surface area (Å²) in [5.74, 6) is -8.04. The van der Waals surface area contributed by atoms with E-state index in [4.69, 9.17) is 22.9 Å². The molecule has 0 aliphatic carbocycles. The number of nitrogens with zero attached hydrogens (tertiary/aromatic N) is 1. The van der Waals surface area contributed by atoms with Crippen molar-refractivity contribution in [2.24, 2.45) is 39.8 Å². The third-order valence-corrected chi connectivity index (χ3v) is 7.68. The SMILES string of the molecule is CC(C)C[C@H](NC(=O)[C@H](CCCN=C(N)N)NC(=O)[C@@H](NC(=O)[C@@H](NC(=O)[C@H](C)N)[C@@H](C)O)C(C)C)C(=O)N[C@@H](CCC(N)=O)C(=O)N[C@@H](C)C(=O)O. The summed E-state index contributed by atoms with van der Waals surface area (Å²) in [5, 5.41) is 34.1. The molecule has 0 rings (SSSR count). The third-order valence-electron chi connectivity index (χ3n) is 7.68. The van der Waals surface area contributed by atoms with Gasteiger partial charge in [-0.3, -0.25) is 43.3 Å². The molecule has 21 heteroatoms. The summed E-state index contributed by atoms with van der Waals surface area (Å²) in [7, 11) is 0. The predicted molar refractivity (Wildman–Crippen MR) is 193 cm³/mol. The first-order chi connectivity index (χ1) is 24.5. The molecule has 0 aromatic rings. The van der Waals surface area contributed by atoms with Gasteiger partial charge in [-0.2, -0.15) is 0 Å². The van der Waals surface area contributed by atoms with E-state index < -0.39 is 102 Å². The lowest BCUT2D eigenvalue weighted by molar-refractivity contribution is -0.142. The maximum Gasteiger partial charge on any atom is 0.325 e. The lowest BCUT2D eigenvalue weighted by Gasteiger charge is -2.29. The molecule has 53 heavy (non-hydrogen) atoms. The van der Waals surface area contributed by atoms with E-state index in [1.54, 1.807) is 27.7 Å². The van der Waals surface area contributed by atoms with E-state index in [0.29, 0.717) is 0 Å². The molecule has 16 N–H and O–H groups in total. The number of aliphatic imine (C=N–C) groups is 1. The molecule has 0 radical (unpaired) electrons. The van der Waals surface area contributed by atoms with Crippen LogP contribution in [0.15, 0.2) is 4.99 Å². The average molecular weight is 758 g/mol. The predicted octanol–water partition coefficient (Wildman–Crippen LogP) is -4.25. The molecule has 0 saturated heterocycles. The summed E-state index contributed by atoms with van der Waals surface area (Å²) < 4.78 is 0. The van der Waals surface area contributed by atoms with Crippen molar-refractivity contribution in [3.8, 4) is 0 Å². The van der Waals surface area contributed by atoms with Crippen LogP contribution in [0.5, 0.6) is 0 Å². The van der Waals surface area contributed by atoms with Gasteiger partial charge in [0.1, 0.15) is 36.3 Å². The van der Waals surface area contributed by atoms with Crippen molar-refractivity contribution in [1.82, 2.24) is 31.9 Å². The second-order valence-corrected chi connectivity index (χ2v) is 13.6. The second-order valence-electron chi connectivity index (χ2n) is 13.6. The molecule has 0 spiro atoms. The number of nitrogens with two attached hydrogens (primary N) is 4. The molecule has 0 aromatic carbocycles. The Balaban J connectivity index is 6.37. The summed E-state index contributed by atoms with van der Waals surface area (Å²) in [5.41, 5.74) is 21.6. The van der Waals surface area contributed by atoms with Crippen LogP contribution < -0.4 is 54.8 Å². The Labute approximate surface area is 308 Å². The Morgan fingerprint density at radius 3 is 1.57 bits per heavy atom. The number of hydrogen-bond acceptors (Lipinski definition) is 11. The molecule has 0 heterocycles. The van der Waals surface area contributed by atoms with Crippen molar-refractivity contribution in [1.29, 1.82) is 0 Å². The zero-order chi connectivity index (χ0) is 41.2. The maximum absolute atomic E-state index is 13.8. The number of guanidine groups is 1. The Bertz CT molecular complexity index is 1320. The summed E-state index contributed by atoms with van der Waals surface area (Å²) in [4.78, 5) is 106. The van der Waals surface area contributed by atoms with E-state index in [1.165, 1.54) is 20.8 Å². The number of rotatable bonds is 24. The third kappa shape index (κ3) is 18.8. The zero-order valence-electron chi connectivity index (χ0n) is 31.4. The van der Waals surface area contributed by atoms with Gasteiger partial charge in [-0.25, -0.2) is 0 Å². The highest BCUT2D eigenvalue weighted by atomic mass is 16.4. The van der Waals surface area contributed by atoms with Crippen molar-refractivity contribution >= 4 is 53.3 Å². The van der Waals surface area contributed by atoms with Crippen LogP contribution in [0.25, 0.3) is 0 Å². The molecule has 0 saturated carbocycles. The van der Waals surface area contributed by atoms with Crippen molar-refractivity contribution < 1.29 is 48.6 Å². The molecule has 0 aliphatic heterocycles. The van der Waals surface area contributed by atoms with E-state index in [9.17, 15) is 48.6 Å². The van der Waals surface area contributed by atoms with Gasteiger partial charge in [-0.05, 0) is 58.3 Å². The van der Waals surface area contributed by atoms with Gasteiger partial charge in [0.15, 0.2) is 5.96 Å². The van der Waals surface area contributed by atoms with Gasteiger partial charge in [0, 0.05) is 13.0 Å². The maximum atomic E-state index is 13.8. The minimum Gasteiger partial charge on any atom is -0.480 e. The molecule has 7 amide bonds. The number of aliphatic hydroxyl groups excluding tert-OH is 1. The number of primary amides is 1. The van der Waals surface area contributed by atoms with Crippen LogP contribution in [0.3, 0.4) is 0 Å². The van der Waals surface area contributed by atoms with Crippen molar-refractivity contribution in [2.75, 3.05) is 6.54 Å². The molecule has 8 atom stereocenters. The van der Waals surface area contributed by atoms with Crippen LogP contribution in [0, 0.1) is 11.8 Å². The minimum absolute atomic E-state index is 0.0411. The smallest absolute Gasteiger partial charge is 0.325 e. The van der Waals surface area contributed by atoms with Gasteiger partial charge in [0.2, 0.25) is 41.4 Å². The standard InChI is InChI=1S/C32H59N11O10/c1-14(2)13-21(28(49)39-20(10-11-22(34)45)26(47)38-17(6)31(52)53)41-27(48)19(9-8-12-37-32(35)36)40-29(50)23(15(3)4)42-30(51)24(18(7)44)43-25(46)16(5)33/h14-21,23-24,44H,8-13,33H2,1-7H3,(H2,34,45)(H,38,47)(H,39,49)(H,40,50)(H,41,48)(H,42,51)(H,43,46)(H,52,53)(H4,35,36,37)/t16-,17-,18+,19-,20-,21-,23-,24-/m0/s1. The summed E-state index contributed by atoms with van der Waals surface area (Å²) in [6, 6.07) is -9.02. The Morgan fingerprint density at radius 1 is 0.623 bits per heavy atom. The van der Waals surface area contributed by atoms with E-state index >= 15 is 0 Å². The first kappa shape index (κ1) is 47.9. The molecule has 21 nitrogen and oxygen atoms in total. The Morgan fingerprint density at radius 2 is 1.09 bits per heavy atom. The van der Waals surface area contributed by atoms with Gasteiger partial charge in [0.25, 0.3) is 0 Å². The van der Waals surface area contributed by atoms with Crippen molar-refractivity contribution in [3.05, 3.63) is 0 Å². The Hall–Kier alpha value is -5.05.